The summed E-state index contributed by atoms with van der Waals surface area (Å²) in [6.45, 7) is 10.3. The van der Waals surface area contributed by atoms with Crippen molar-refractivity contribution in [2.45, 2.75) is 46.2 Å². The fraction of sp³-hybridized carbons (Fsp3) is 0.500. The summed E-state index contributed by atoms with van der Waals surface area (Å²) >= 11 is 0. The van der Waals surface area contributed by atoms with Gasteiger partial charge in [0.1, 0.15) is 5.54 Å². The van der Waals surface area contributed by atoms with E-state index in [1.165, 1.54) is 4.90 Å². The van der Waals surface area contributed by atoms with Crippen LogP contribution in [0.15, 0.2) is 35.5 Å². The number of nitrogens with zero attached hydrogens (tertiary/aromatic N) is 2. The predicted molar refractivity (Wildman–Crippen MR) is 111 cm³/mol. The van der Waals surface area contributed by atoms with Gasteiger partial charge in [-0.25, -0.2) is 4.79 Å². The minimum atomic E-state index is -1.04. The van der Waals surface area contributed by atoms with Gasteiger partial charge in [0.05, 0.1) is 23.9 Å². The second-order valence-corrected chi connectivity index (χ2v) is 8.77. The highest BCUT2D eigenvalue weighted by Gasteiger charge is 2.49. The number of urea groups is 1. The Labute approximate surface area is 172 Å². The van der Waals surface area contributed by atoms with Gasteiger partial charge in [0.15, 0.2) is 0 Å². The first-order chi connectivity index (χ1) is 13.5. The molecule has 0 saturated heterocycles. The van der Waals surface area contributed by atoms with Crippen molar-refractivity contribution in [1.82, 2.24) is 20.4 Å². The average Bonchev–Trinajstić information content (AvgIpc) is 3.01. The Morgan fingerprint density at radius 3 is 2.62 bits per heavy atom. The summed E-state index contributed by atoms with van der Waals surface area (Å²) in [5.74, 6) is -0.106. The molecule has 156 valence electrons. The second-order valence-electron chi connectivity index (χ2n) is 8.77. The molecule has 1 atom stereocenters. The summed E-state index contributed by atoms with van der Waals surface area (Å²) in [7, 11) is 1.65. The first-order valence-corrected chi connectivity index (χ1v) is 9.98. The Kier molecular flexibility index (Phi) is 5.43. The number of nitrogens with one attached hydrogen (secondary N) is 2. The lowest BCUT2D eigenvalue weighted by Crippen LogP contribution is -2.56. The van der Waals surface area contributed by atoms with E-state index in [2.05, 4.69) is 10.6 Å². The zero-order valence-corrected chi connectivity index (χ0v) is 18.0. The van der Waals surface area contributed by atoms with Gasteiger partial charge in [0, 0.05) is 13.6 Å². The van der Waals surface area contributed by atoms with E-state index in [0.29, 0.717) is 23.7 Å². The van der Waals surface area contributed by atoms with Crippen molar-refractivity contribution in [3.05, 3.63) is 46.7 Å². The van der Waals surface area contributed by atoms with Crippen LogP contribution in [-0.4, -0.2) is 53.3 Å². The van der Waals surface area contributed by atoms with E-state index in [4.69, 9.17) is 0 Å². The van der Waals surface area contributed by atoms with Gasteiger partial charge in [-0.05, 0) is 32.3 Å². The largest absolute Gasteiger partial charge is 0.354 e. The van der Waals surface area contributed by atoms with E-state index in [-0.39, 0.29) is 24.4 Å². The number of rotatable bonds is 5. The maximum atomic E-state index is 13.5. The van der Waals surface area contributed by atoms with Gasteiger partial charge in [0.2, 0.25) is 5.91 Å². The van der Waals surface area contributed by atoms with Gasteiger partial charge in [0.25, 0.3) is 5.91 Å². The predicted octanol–water partition coefficient (Wildman–Crippen LogP) is 2.34. The number of benzene rings is 1. The van der Waals surface area contributed by atoms with Crippen LogP contribution in [-0.2, 0) is 9.59 Å². The highest BCUT2D eigenvalue weighted by Crippen LogP contribution is 2.38. The molecule has 29 heavy (non-hydrogen) atoms. The van der Waals surface area contributed by atoms with E-state index in [1.54, 1.807) is 25.8 Å². The van der Waals surface area contributed by atoms with E-state index in [9.17, 15) is 14.4 Å². The zero-order chi connectivity index (χ0) is 21.5. The number of amides is 4. The first-order valence-electron chi connectivity index (χ1n) is 9.98. The standard InChI is InChI=1S/C22H30N4O3/c1-13(2)11-23-20(28)22(4,5)26-12-16-17(19(26)27)18(24-21(29)25(16)6)15-9-7-8-14(3)10-15/h7-10,13,18H,11-12H2,1-6H3,(H,23,28)(H,24,29). The minimum absolute atomic E-state index is 0.201. The van der Waals surface area contributed by atoms with Gasteiger partial charge >= 0.3 is 6.03 Å². The van der Waals surface area contributed by atoms with Crippen LogP contribution in [0.2, 0.25) is 0 Å². The van der Waals surface area contributed by atoms with Gasteiger partial charge < -0.3 is 15.5 Å². The monoisotopic (exact) mass is 398 g/mol. The number of aryl methyl sites for hydroxylation is 1. The average molecular weight is 399 g/mol. The van der Waals surface area contributed by atoms with Crippen molar-refractivity contribution in [2.24, 2.45) is 5.92 Å². The molecule has 0 saturated carbocycles. The molecule has 1 unspecified atom stereocenters. The number of likely N-dealkylation sites (N-methyl/N-ethyl adjacent to an activating group) is 1. The Bertz CT molecular complexity index is 888. The normalized spacial score (nSPS) is 19.6. The molecule has 1 aromatic carbocycles. The Balaban J connectivity index is 1.94. The van der Waals surface area contributed by atoms with Crippen molar-refractivity contribution >= 4 is 17.8 Å². The summed E-state index contributed by atoms with van der Waals surface area (Å²) < 4.78 is 0. The molecule has 0 radical (unpaired) electrons. The summed E-state index contributed by atoms with van der Waals surface area (Å²) in [5.41, 5.74) is 2.05. The topological polar surface area (TPSA) is 81.8 Å². The molecule has 0 spiro atoms. The first kappa shape index (κ1) is 20.9. The maximum Gasteiger partial charge on any atom is 0.322 e. The molecule has 2 aliphatic heterocycles. The third-order valence-electron chi connectivity index (χ3n) is 5.64. The third kappa shape index (κ3) is 3.73. The molecule has 2 heterocycles. The van der Waals surface area contributed by atoms with Crippen LogP contribution in [0.4, 0.5) is 4.79 Å². The molecule has 2 aliphatic rings. The molecule has 0 aliphatic carbocycles. The number of carbonyl (C=O) groups is 3. The molecule has 7 nitrogen and oxygen atoms in total. The molecule has 2 N–H and O–H groups in total. The molecule has 0 aromatic heterocycles. The third-order valence-corrected chi connectivity index (χ3v) is 5.64. The van der Waals surface area contributed by atoms with E-state index in [1.807, 2.05) is 45.0 Å². The van der Waals surface area contributed by atoms with Crippen molar-refractivity contribution < 1.29 is 14.4 Å². The lowest BCUT2D eigenvalue weighted by Gasteiger charge is -2.35. The van der Waals surface area contributed by atoms with E-state index >= 15 is 0 Å². The fourth-order valence-corrected chi connectivity index (χ4v) is 3.75. The van der Waals surface area contributed by atoms with Crippen molar-refractivity contribution in [1.29, 1.82) is 0 Å². The summed E-state index contributed by atoms with van der Waals surface area (Å²) in [6, 6.07) is 6.98. The van der Waals surface area contributed by atoms with Crippen molar-refractivity contribution in [2.75, 3.05) is 20.1 Å². The highest BCUT2D eigenvalue weighted by molar-refractivity contribution is 6.04. The lowest BCUT2D eigenvalue weighted by atomic mass is 9.94. The SMILES string of the molecule is Cc1cccc(C2NC(=O)N(C)C3=C2C(=O)N(C(C)(C)C(=O)NCC(C)C)C3)c1. The summed E-state index contributed by atoms with van der Waals surface area (Å²) in [6.07, 6.45) is 0. The quantitative estimate of drug-likeness (QED) is 0.799. The minimum Gasteiger partial charge on any atom is -0.354 e. The van der Waals surface area contributed by atoms with Gasteiger partial charge in [-0.2, -0.15) is 0 Å². The van der Waals surface area contributed by atoms with E-state index in [0.717, 1.165) is 11.1 Å². The maximum absolute atomic E-state index is 13.5. The summed E-state index contributed by atoms with van der Waals surface area (Å²) in [4.78, 5) is 41.9. The molecule has 7 heteroatoms. The van der Waals surface area contributed by atoms with Crippen LogP contribution in [0.25, 0.3) is 0 Å². The molecular weight excluding hydrogens is 368 g/mol. The molecule has 1 aromatic rings. The molecule has 0 bridgehead atoms. The van der Waals surface area contributed by atoms with Crippen LogP contribution in [0, 0.1) is 12.8 Å². The van der Waals surface area contributed by atoms with Crippen LogP contribution < -0.4 is 10.6 Å². The molecular formula is C22H30N4O3. The van der Waals surface area contributed by atoms with Crippen LogP contribution in [0.1, 0.15) is 44.9 Å². The number of carbonyl (C=O) groups excluding carboxylic acids is 3. The molecule has 4 amide bonds. The summed E-state index contributed by atoms with van der Waals surface area (Å²) in [5, 5.41) is 5.86. The van der Waals surface area contributed by atoms with E-state index < -0.39 is 11.6 Å². The van der Waals surface area contributed by atoms with Gasteiger partial charge in [-0.15, -0.1) is 0 Å². The van der Waals surface area contributed by atoms with Crippen LogP contribution in [0.3, 0.4) is 0 Å². The Morgan fingerprint density at radius 1 is 1.31 bits per heavy atom. The molecule has 3 rings (SSSR count). The van der Waals surface area contributed by atoms with Crippen molar-refractivity contribution in [3.63, 3.8) is 0 Å². The van der Waals surface area contributed by atoms with Gasteiger partial charge in [-0.1, -0.05) is 43.7 Å². The van der Waals surface area contributed by atoms with Crippen molar-refractivity contribution in [3.8, 4) is 0 Å². The lowest BCUT2D eigenvalue weighted by molar-refractivity contribution is -0.141. The number of hydrogen-bond acceptors (Lipinski definition) is 3. The Hall–Kier alpha value is -2.83. The second kappa shape index (κ2) is 7.54. The van der Waals surface area contributed by atoms with Gasteiger partial charge in [-0.3, -0.25) is 14.5 Å². The smallest absolute Gasteiger partial charge is 0.322 e. The number of hydrogen-bond donors (Lipinski definition) is 2. The van der Waals surface area contributed by atoms with Crippen LogP contribution in [0.5, 0.6) is 0 Å². The highest BCUT2D eigenvalue weighted by atomic mass is 16.2. The van der Waals surface area contributed by atoms with Crippen LogP contribution >= 0.6 is 0 Å². The Morgan fingerprint density at radius 2 is 2.00 bits per heavy atom. The molecule has 0 fully saturated rings. The fourth-order valence-electron chi connectivity index (χ4n) is 3.75. The zero-order valence-electron chi connectivity index (χ0n) is 18.0.